The van der Waals surface area contributed by atoms with E-state index in [1.54, 1.807) is 0 Å². The van der Waals surface area contributed by atoms with Crippen LogP contribution in [-0.4, -0.2) is 36.3 Å². The van der Waals surface area contributed by atoms with Crippen molar-refractivity contribution in [2.75, 3.05) is 20.3 Å². The molecule has 1 N–H and O–H groups in total. The molecule has 0 bridgehead atoms. The van der Waals surface area contributed by atoms with Crippen molar-refractivity contribution in [2.24, 2.45) is 0 Å². The molecule has 1 unspecified atom stereocenters. The zero-order chi connectivity index (χ0) is 13.6. The average Bonchev–Trinajstić information content (AvgIpc) is 2.29. The molecule has 7 heteroatoms. The van der Waals surface area contributed by atoms with E-state index in [1.165, 1.54) is 7.11 Å². The molecule has 1 aromatic rings. The highest BCUT2D eigenvalue weighted by atomic mass is 19.4. The number of rotatable bonds is 6. The fraction of sp³-hybridized carbons (Fsp3) is 0.636. The van der Waals surface area contributed by atoms with Crippen molar-refractivity contribution in [3.05, 3.63) is 23.8 Å². The van der Waals surface area contributed by atoms with E-state index in [9.17, 15) is 13.2 Å². The quantitative estimate of drug-likeness (QED) is 0.848. The molecular formula is C11H16F3N3O. The number of likely N-dealkylation sites (N-methyl/N-ethyl adjacent to an activating group) is 1. The summed E-state index contributed by atoms with van der Waals surface area (Å²) in [6.45, 7) is 3.01. The molecule has 18 heavy (non-hydrogen) atoms. The molecule has 4 nitrogen and oxygen atoms in total. The van der Waals surface area contributed by atoms with Crippen molar-refractivity contribution in [3.8, 4) is 0 Å². The van der Waals surface area contributed by atoms with Crippen LogP contribution in [-0.2, 0) is 17.3 Å². The second kappa shape index (κ2) is 6.65. The third-order valence-corrected chi connectivity index (χ3v) is 2.29. The van der Waals surface area contributed by atoms with E-state index in [-0.39, 0.29) is 11.9 Å². The second-order valence-corrected chi connectivity index (χ2v) is 3.77. The average molecular weight is 263 g/mol. The molecule has 1 heterocycles. The second-order valence-electron chi connectivity index (χ2n) is 3.77. The van der Waals surface area contributed by atoms with E-state index < -0.39 is 11.9 Å². The number of hydrogen-bond acceptors (Lipinski definition) is 4. The summed E-state index contributed by atoms with van der Waals surface area (Å²) in [6.07, 6.45) is -3.01. The molecule has 0 aliphatic rings. The van der Waals surface area contributed by atoms with Gasteiger partial charge in [-0.2, -0.15) is 13.2 Å². The molecule has 0 saturated carbocycles. The van der Waals surface area contributed by atoms with Gasteiger partial charge in [-0.15, -0.1) is 0 Å². The fourth-order valence-corrected chi connectivity index (χ4v) is 1.56. The Morgan fingerprint density at radius 2 is 2.17 bits per heavy atom. The van der Waals surface area contributed by atoms with Gasteiger partial charge >= 0.3 is 6.18 Å². The molecule has 0 aliphatic carbocycles. The van der Waals surface area contributed by atoms with Crippen molar-refractivity contribution in [1.82, 2.24) is 15.3 Å². The maximum absolute atomic E-state index is 12.5. The van der Waals surface area contributed by atoms with E-state index in [1.807, 2.05) is 6.92 Å². The minimum absolute atomic E-state index is 0.0940. The van der Waals surface area contributed by atoms with Crippen LogP contribution in [0, 0.1) is 0 Å². The largest absolute Gasteiger partial charge is 0.433 e. The lowest BCUT2D eigenvalue weighted by Gasteiger charge is -2.16. The molecule has 1 rings (SSSR count). The molecule has 0 aromatic carbocycles. The number of nitrogens with one attached hydrogen (secondary N) is 1. The summed E-state index contributed by atoms with van der Waals surface area (Å²) in [5.41, 5.74) is -0.917. The van der Waals surface area contributed by atoms with Gasteiger partial charge < -0.3 is 10.1 Å². The van der Waals surface area contributed by atoms with Crippen LogP contribution >= 0.6 is 0 Å². The molecule has 1 aromatic heterocycles. The summed E-state index contributed by atoms with van der Waals surface area (Å²) in [4.78, 5) is 7.37. The third kappa shape index (κ3) is 4.58. The number of halogens is 3. The Hall–Kier alpha value is -1.21. The van der Waals surface area contributed by atoms with Crippen LogP contribution in [0.4, 0.5) is 13.2 Å². The van der Waals surface area contributed by atoms with Crippen LogP contribution in [0.2, 0.25) is 0 Å². The molecule has 1 atom stereocenters. The van der Waals surface area contributed by atoms with Crippen LogP contribution in [0.5, 0.6) is 0 Å². The Labute approximate surface area is 104 Å². The molecular weight excluding hydrogens is 247 g/mol. The number of aromatic nitrogens is 2. The van der Waals surface area contributed by atoms with Gasteiger partial charge in [-0.25, -0.2) is 9.97 Å². The molecule has 0 radical (unpaired) electrons. The number of methoxy groups -OCH3 is 1. The molecule has 0 aliphatic heterocycles. The van der Waals surface area contributed by atoms with Crippen molar-refractivity contribution < 1.29 is 17.9 Å². The molecule has 0 amide bonds. The summed E-state index contributed by atoms with van der Waals surface area (Å²) < 4.78 is 42.4. The summed E-state index contributed by atoms with van der Waals surface area (Å²) >= 11 is 0. The number of nitrogens with zero attached hydrogens (tertiary/aromatic N) is 2. The van der Waals surface area contributed by atoms with Crippen molar-refractivity contribution in [3.63, 3.8) is 0 Å². The van der Waals surface area contributed by atoms with Crippen LogP contribution in [0.25, 0.3) is 0 Å². The highest BCUT2D eigenvalue weighted by Gasteiger charge is 2.32. The Morgan fingerprint density at radius 1 is 1.44 bits per heavy atom. The SMILES string of the molecule is CCNC(COC)Cc1nccc(C(F)(F)F)n1. The van der Waals surface area contributed by atoms with Crippen LogP contribution in [0.3, 0.4) is 0 Å². The Morgan fingerprint density at radius 3 is 2.72 bits per heavy atom. The minimum atomic E-state index is -4.44. The predicted octanol–water partition coefficient (Wildman–Crippen LogP) is 1.66. The van der Waals surface area contributed by atoms with Gasteiger partial charge in [0.25, 0.3) is 0 Å². The van der Waals surface area contributed by atoms with Crippen LogP contribution < -0.4 is 5.32 Å². The van der Waals surface area contributed by atoms with Crippen molar-refractivity contribution in [2.45, 2.75) is 25.6 Å². The number of ether oxygens (including phenoxy) is 1. The summed E-state index contributed by atoms with van der Waals surface area (Å²) in [5, 5.41) is 3.10. The molecule has 0 fully saturated rings. The van der Waals surface area contributed by atoms with Crippen LogP contribution in [0.15, 0.2) is 12.3 Å². The van der Waals surface area contributed by atoms with Crippen molar-refractivity contribution in [1.29, 1.82) is 0 Å². The van der Waals surface area contributed by atoms with Gasteiger partial charge in [0, 0.05) is 25.8 Å². The van der Waals surface area contributed by atoms with Gasteiger partial charge in [0.2, 0.25) is 0 Å². The number of hydrogen-bond donors (Lipinski definition) is 1. The third-order valence-electron chi connectivity index (χ3n) is 2.29. The minimum Gasteiger partial charge on any atom is -0.383 e. The first-order valence-electron chi connectivity index (χ1n) is 5.58. The highest BCUT2D eigenvalue weighted by molar-refractivity contribution is 5.06. The van der Waals surface area contributed by atoms with Gasteiger partial charge in [0.05, 0.1) is 6.61 Å². The van der Waals surface area contributed by atoms with E-state index in [2.05, 4.69) is 15.3 Å². The maximum atomic E-state index is 12.5. The topological polar surface area (TPSA) is 47.0 Å². The summed E-state index contributed by atoms with van der Waals surface area (Å²) in [6, 6.07) is 0.769. The highest BCUT2D eigenvalue weighted by Crippen LogP contribution is 2.26. The van der Waals surface area contributed by atoms with Gasteiger partial charge in [-0.05, 0) is 12.6 Å². The van der Waals surface area contributed by atoms with Gasteiger partial charge in [-0.1, -0.05) is 6.92 Å². The predicted molar refractivity (Wildman–Crippen MR) is 60.1 cm³/mol. The maximum Gasteiger partial charge on any atom is 0.433 e. The lowest BCUT2D eigenvalue weighted by Crippen LogP contribution is -2.35. The van der Waals surface area contributed by atoms with Gasteiger partial charge in [-0.3, -0.25) is 0 Å². The Balaban J connectivity index is 2.77. The lowest BCUT2D eigenvalue weighted by atomic mass is 10.2. The van der Waals surface area contributed by atoms with E-state index in [0.717, 1.165) is 12.3 Å². The van der Waals surface area contributed by atoms with Gasteiger partial charge in [0.1, 0.15) is 11.5 Å². The monoisotopic (exact) mass is 263 g/mol. The molecule has 0 saturated heterocycles. The van der Waals surface area contributed by atoms with Crippen LogP contribution in [0.1, 0.15) is 18.4 Å². The smallest absolute Gasteiger partial charge is 0.383 e. The lowest BCUT2D eigenvalue weighted by molar-refractivity contribution is -0.141. The first kappa shape index (κ1) is 14.8. The van der Waals surface area contributed by atoms with E-state index >= 15 is 0 Å². The first-order valence-corrected chi connectivity index (χ1v) is 5.58. The summed E-state index contributed by atoms with van der Waals surface area (Å²) in [7, 11) is 1.54. The Kier molecular flexibility index (Phi) is 5.49. The van der Waals surface area contributed by atoms with Gasteiger partial charge in [0.15, 0.2) is 0 Å². The Bertz CT molecular complexity index is 365. The zero-order valence-electron chi connectivity index (χ0n) is 10.3. The normalized spacial score (nSPS) is 13.6. The standard InChI is InChI=1S/C11H16F3N3O/c1-3-15-8(7-18-2)6-10-16-5-4-9(17-10)11(12,13)14/h4-5,8,15H,3,6-7H2,1-2H3. The van der Waals surface area contributed by atoms with Crippen molar-refractivity contribution >= 4 is 0 Å². The fourth-order valence-electron chi connectivity index (χ4n) is 1.56. The molecule has 0 spiro atoms. The van der Waals surface area contributed by atoms with E-state index in [0.29, 0.717) is 19.6 Å². The zero-order valence-corrected chi connectivity index (χ0v) is 10.3. The summed E-state index contributed by atoms with van der Waals surface area (Å²) in [5.74, 6) is 0.160. The number of alkyl halides is 3. The first-order chi connectivity index (χ1) is 8.47. The molecule has 102 valence electrons. The van der Waals surface area contributed by atoms with E-state index in [4.69, 9.17) is 4.74 Å².